The van der Waals surface area contributed by atoms with Crippen LogP contribution in [0.5, 0.6) is 0 Å². The monoisotopic (exact) mass is 273 g/mol. The van der Waals surface area contributed by atoms with Gasteiger partial charge in [0.2, 0.25) is 0 Å². The number of thiol groups is 1. The molecule has 1 aromatic heterocycles. The highest BCUT2D eigenvalue weighted by Gasteiger charge is 2.15. The highest BCUT2D eigenvalue weighted by molar-refractivity contribution is 7.99. The van der Waals surface area contributed by atoms with Crippen molar-refractivity contribution in [2.24, 2.45) is 0 Å². The minimum Gasteiger partial charge on any atom is -0.245 e. The fraction of sp³-hybridized carbons (Fsp3) is 0.750. The molecule has 16 heavy (non-hydrogen) atoms. The fourth-order valence-corrected chi connectivity index (χ4v) is 4.81. The van der Waals surface area contributed by atoms with Crippen LogP contribution in [-0.2, 0) is 11.5 Å². The van der Waals surface area contributed by atoms with Gasteiger partial charge in [-0.3, -0.25) is 0 Å². The Hall–Kier alpha value is 0.330. The Balaban J connectivity index is 1.83. The minimum absolute atomic E-state index is 0.831. The molecule has 1 heterocycles. The van der Waals surface area contributed by atoms with Crippen LogP contribution in [0, 0.1) is 6.92 Å². The van der Waals surface area contributed by atoms with E-state index in [1.807, 2.05) is 11.3 Å². The van der Waals surface area contributed by atoms with Crippen LogP contribution in [0.3, 0.4) is 0 Å². The summed E-state index contributed by atoms with van der Waals surface area (Å²) < 4.78 is 0. The Morgan fingerprint density at radius 2 is 2.12 bits per heavy atom. The number of thioether (sulfide) groups is 1. The zero-order valence-corrected chi connectivity index (χ0v) is 12.3. The van der Waals surface area contributed by atoms with E-state index in [9.17, 15) is 0 Å². The first-order valence-electron chi connectivity index (χ1n) is 5.97. The van der Waals surface area contributed by atoms with Crippen LogP contribution >= 0.6 is 35.7 Å². The van der Waals surface area contributed by atoms with Gasteiger partial charge in [-0.15, -0.1) is 11.3 Å². The van der Waals surface area contributed by atoms with E-state index >= 15 is 0 Å². The Bertz CT molecular complexity index is 329. The Morgan fingerprint density at radius 1 is 1.38 bits per heavy atom. The summed E-state index contributed by atoms with van der Waals surface area (Å²) in [6.45, 7) is 2.09. The molecule has 1 aliphatic rings. The molecule has 0 unspecified atom stereocenters. The molecular formula is C12H19NS3. The van der Waals surface area contributed by atoms with Gasteiger partial charge in [0.1, 0.15) is 5.01 Å². The van der Waals surface area contributed by atoms with Gasteiger partial charge in [0.05, 0.1) is 5.69 Å². The molecule has 1 fully saturated rings. The van der Waals surface area contributed by atoms with E-state index in [4.69, 9.17) is 0 Å². The summed E-state index contributed by atoms with van der Waals surface area (Å²) in [6.07, 6.45) is 7.12. The van der Waals surface area contributed by atoms with Crippen molar-refractivity contribution < 1.29 is 0 Å². The molecule has 0 radical (unpaired) electrons. The lowest BCUT2D eigenvalue weighted by molar-refractivity contribution is 0.516. The van der Waals surface area contributed by atoms with E-state index in [1.165, 1.54) is 47.7 Å². The van der Waals surface area contributed by atoms with Crippen molar-refractivity contribution in [2.45, 2.75) is 55.8 Å². The molecule has 1 nitrogen and oxygen atoms in total. The molecule has 90 valence electrons. The molecule has 0 spiro atoms. The third kappa shape index (κ3) is 3.41. The summed E-state index contributed by atoms with van der Waals surface area (Å²) >= 11 is 8.27. The zero-order valence-electron chi connectivity index (χ0n) is 9.74. The molecule has 1 aliphatic carbocycles. The van der Waals surface area contributed by atoms with E-state index in [0.29, 0.717) is 0 Å². The fourth-order valence-electron chi connectivity index (χ4n) is 2.12. The number of aryl methyl sites for hydroxylation is 1. The largest absolute Gasteiger partial charge is 0.245 e. The Morgan fingerprint density at radius 3 is 2.75 bits per heavy atom. The van der Waals surface area contributed by atoms with Crippen molar-refractivity contribution in [1.29, 1.82) is 0 Å². The van der Waals surface area contributed by atoms with Crippen LogP contribution in [0.2, 0.25) is 0 Å². The van der Waals surface area contributed by atoms with Gasteiger partial charge in [-0.1, -0.05) is 19.3 Å². The van der Waals surface area contributed by atoms with Crippen LogP contribution in [0.4, 0.5) is 0 Å². The molecule has 0 atom stereocenters. The summed E-state index contributed by atoms with van der Waals surface area (Å²) in [4.78, 5) is 5.95. The number of aromatic nitrogens is 1. The molecule has 4 heteroatoms. The molecule has 0 amide bonds. The summed E-state index contributed by atoms with van der Waals surface area (Å²) in [5.74, 6) is 1.93. The summed E-state index contributed by atoms with van der Waals surface area (Å²) in [7, 11) is 0. The second-order valence-corrected chi connectivity index (χ2v) is 7.12. The maximum atomic E-state index is 4.61. The number of thiazole rings is 1. The third-order valence-corrected chi connectivity index (χ3v) is 6.33. The van der Waals surface area contributed by atoms with Crippen molar-refractivity contribution in [2.75, 3.05) is 0 Å². The summed E-state index contributed by atoms with van der Waals surface area (Å²) in [5, 5.41) is 2.18. The quantitative estimate of drug-likeness (QED) is 0.814. The number of hydrogen-bond acceptors (Lipinski definition) is 4. The van der Waals surface area contributed by atoms with Crippen molar-refractivity contribution >= 4 is 35.7 Å². The van der Waals surface area contributed by atoms with E-state index < -0.39 is 0 Å². The molecule has 0 bridgehead atoms. The zero-order chi connectivity index (χ0) is 11.4. The SMILES string of the molecule is Cc1nc(CSC2CCCCC2)sc1CS. The van der Waals surface area contributed by atoms with Gasteiger partial charge < -0.3 is 0 Å². The van der Waals surface area contributed by atoms with E-state index in [-0.39, 0.29) is 0 Å². The normalized spacial score (nSPS) is 17.9. The Labute approximate surface area is 112 Å². The lowest BCUT2D eigenvalue weighted by Crippen LogP contribution is -2.08. The van der Waals surface area contributed by atoms with Crippen LogP contribution < -0.4 is 0 Å². The summed E-state index contributed by atoms with van der Waals surface area (Å²) in [6, 6.07) is 0. The average Bonchev–Trinajstić information content (AvgIpc) is 2.69. The molecule has 0 aliphatic heterocycles. The lowest BCUT2D eigenvalue weighted by atomic mass is 10.0. The standard InChI is InChI=1S/C12H19NS3/c1-9-11(7-14)16-12(13-9)8-15-10-5-3-2-4-6-10/h10,14H,2-8H2,1H3. The highest BCUT2D eigenvalue weighted by atomic mass is 32.2. The second kappa shape index (κ2) is 6.31. The first-order valence-corrected chi connectivity index (χ1v) is 8.47. The molecule has 1 aromatic rings. The smallest absolute Gasteiger partial charge is 0.103 e. The number of hydrogen-bond donors (Lipinski definition) is 1. The van der Waals surface area contributed by atoms with Gasteiger partial charge in [0, 0.05) is 21.6 Å². The third-order valence-electron chi connectivity index (χ3n) is 3.08. The number of rotatable bonds is 4. The van der Waals surface area contributed by atoms with Gasteiger partial charge in [-0.2, -0.15) is 24.4 Å². The predicted octanol–water partition coefficient (Wildman–Crippen LogP) is 4.45. The van der Waals surface area contributed by atoms with Crippen molar-refractivity contribution in [3.05, 3.63) is 15.6 Å². The van der Waals surface area contributed by atoms with Crippen molar-refractivity contribution in [3.63, 3.8) is 0 Å². The maximum absolute atomic E-state index is 4.61. The molecular weight excluding hydrogens is 254 g/mol. The van der Waals surface area contributed by atoms with E-state index in [2.05, 4.69) is 36.3 Å². The molecule has 0 saturated heterocycles. The maximum Gasteiger partial charge on any atom is 0.103 e. The lowest BCUT2D eigenvalue weighted by Gasteiger charge is -2.20. The molecule has 0 aromatic carbocycles. The van der Waals surface area contributed by atoms with Gasteiger partial charge in [-0.25, -0.2) is 4.98 Å². The van der Waals surface area contributed by atoms with Crippen LogP contribution in [0.1, 0.15) is 47.7 Å². The second-order valence-electron chi connectivity index (χ2n) is 4.35. The van der Waals surface area contributed by atoms with Gasteiger partial charge in [-0.05, 0) is 19.8 Å². The molecule has 1 saturated carbocycles. The van der Waals surface area contributed by atoms with E-state index in [1.54, 1.807) is 0 Å². The van der Waals surface area contributed by atoms with Crippen LogP contribution in [-0.4, -0.2) is 10.2 Å². The highest BCUT2D eigenvalue weighted by Crippen LogP contribution is 2.32. The number of nitrogens with zero attached hydrogens (tertiary/aromatic N) is 1. The van der Waals surface area contributed by atoms with Gasteiger partial charge >= 0.3 is 0 Å². The first kappa shape index (κ1) is 12.8. The van der Waals surface area contributed by atoms with Crippen LogP contribution in [0.25, 0.3) is 0 Å². The topological polar surface area (TPSA) is 12.9 Å². The minimum atomic E-state index is 0.831. The van der Waals surface area contributed by atoms with Gasteiger partial charge in [0.15, 0.2) is 0 Å². The average molecular weight is 273 g/mol. The Kier molecular flexibility index (Phi) is 5.04. The van der Waals surface area contributed by atoms with Gasteiger partial charge in [0.25, 0.3) is 0 Å². The molecule has 2 rings (SSSR count). The van der Waals surface area contributed by atoms with Crippen molar-refractivity contribution in [3.8, 4) is 0 Å². The van der Waals surface area contributed by atoms with Crippen LogP contribution in [0.15, 0.2) is 0 Å². The summed E-state index contributed by atoms with van der Waals surface area (Å²) in [5.41, 5.74) is 1.18. The molecule has 0 N–H and O–H groups in total. The first-order chi connectivity index (χ1) is 7.79. The predicted molar refractivity (Wildman–Crippen MR) is 77.7 cm³/mol. The van der Waals surface area contributed by atoms with E-state index in [0.717, 1.165) is 16.8 Å². The van der Waals surface area contributed by atoms with Crippen molar-refractivity contribution in [1.82, 2.24) is 4.98 Å².